The van der Waals surface area contributed by atoms with Crippen LogP contribution in [-0.4, -0.2) is 40.3 Å². The molecule has 3 aromatic rings. The van der Waals surface area contributed by atoms with E-state index in [-0.39, 0.29) is 5.97 Å². The molecule has 0 bridgehead atoms. The van der Waals surface area contributed by atoms with Crippen molar-refractivity contribution in [2.24, 2.45) is 5.92 Å². The van der Waals surface area contributed by atoms with Gasteiger partial charge in [0.15, 0.2) is 5.82 Å². The lowest BCUT2D eigenvalue weighted by atomic mass is 10.1. The van der Waals surface area contributed by atoms with Gasteiger partial charge in [0.25, 0.3) is 0 Å². The van der Waals surface area contributed by atoms with Gasteiger partial charge in [0.2, 0.25) is 0 Å². The van der Waals surface area contributed by atoms with Crippen LogP contribution in [0.25, 0.3) is 21.9 Å². The van der Waals surface area contributed by atoms with E-state index in [1.165, 1.54) is 0 Å². The summed E-state index contributed by atoms with van der Waals surface area (Å²) in [7, 11) is 0. The maximum Gasteiger partial charge on any atom is 0.306 e. The van der Waals surface area contributed by atoms with Gasteiger partial charge in [-0.25, -0.2) is 9.97 Å². The minimum absolute atomic E-state index is 0.183. The summed E-state index contributed by atoms with van der Waals surface area (Å²) in [5.41, 5.74) is 10.00. The predicted molar refractivity (Wildman–Crippen MR) is 124 cm³/mol. The minimum Gasteiger partial charge on any atom is -0.466 e. The van der Waals surface area contributed by atoms with E-state index in [1.54, 1.807) is 0 Å². The zero-order valence-corrected chi connectivity index (χ0v) is 19.1. The van der Waals surface area contributed by atoms with Crippen LogP contribution in [0.4, 0.5) is 5.82 Å². The molecule has 0 aliphatic heterocycles. The van der Waals surface area contributed by atoms with Crippen LogP contribution in [0.1, 0.15) is 51.9 Å². The molecular formula is C24H34N4O3. The van der Waals surface area contributed by atoms with E-state index in [0.29, 0.717) is 31.2 Å². The molecule has 0 spiro atoms. The molecule has 1 unspecified atom stereocenters. The van der Waals surface area contributed by atoms with Crippen molar-refractivity contribution in [1.82, 2.24) is 14.5 Å². The van der Waals surface area contributed by atoms with Crippen molar-refractivity contribution in [2.45, 2.75) is 59.9 Å². The van der Waals surface area contributed by atoms with Crippen molar-refractivity contribution in [3.8, 4) is 0 Å². The number of aromatic nitrogens is 3. The molecule has 31 heavy (non-hydrogen) atoms. The molecule has 0 aliphatic rings. The van der Waals surface area contributed by atoms with Gasteiger partial charge in [-0.05, 0) is 44.2 Å². The summed E-state index contributed by atoms with van der Waals surface area (Å²) in [4.78, 5) is 21.1. The van der Waals surface area contributed by atoms with Crippen LogP contribution in [0.15, 0.2) is 18.2 Å². The van der Waals surface area contributed by atoms with Crippen molar-refractivity contribution in [3.63, 3.8) is 0 Å². The summed E-state index contributed by atoms with van der Waals surface area (Å²) in [5.74, 6) is 1.73. The largest absolute Gasteiger partial charge is 0.466 e. The second kappa shape index (κ2) is 10.6. The van der Waals surface area contributed by atoms with E-state index in [1.807, 2.05) is 19.9 Å². The van der Waals surface area contributed by atoms with E-state index >= 15 is 0 Å². The van der Waals surface area contributed by atoms with Gasteiger partial charge in [0, 0.05) is 38.0 Å². The molecule has 2 N–H and O–H groups in total. The number of nitrogens with two attached hydrogens (primary N) is 1. The molecule has 0 saturated heterocycles. The number of esters is 1. The number of hydrogen-bond acceptors (Lipinski definition) is 6. The molecule has 2 aromatic heterocycles. The maximum atomic E-state index is 11.7. The number of aryl methyl sites for hydroxylation is 2. The van der Waals surface area contributed by atoms with Gasteiger partial charge in [-0.3, -0.25) is 4.79 Å². The molecule has 0 aliphatic carbocycles. The molecule has 1 aromatic carbocycles. The average molecular weight is 427 g/mol. The summed E-state index contributed by atoms with van der Waals surface area (Å²) < 4.78 is 12.9. The highest BCUT2D eigenvalue weighted by Crippen LogP contribution is 2.30. The highest BCUT2D eigenvalue weighted by molar-refractivity contribution is 6.06. The SMILES string of the molecule is CCOCCC(C)Cn1c(CC)nc2c(N)nc3cc(CCC(=O)OCC)ccc3c21. The molecule has 0 radical (unpaired) electrons. The van der Waals surface area contributed by atoms with E-state index in [4.69, 9.17) is 20.2 Å². The number of pyridine rings is 1. The third-order valence-corrected chi connectivity index (χ3v) is 5.54. The Labute approximate surface area is 183 Å². The Kier molecular flexibility index (Phi) is 7.85. The third kappa shape index (κ3) is 5.34. The Morgan fingerprint density at radius 2 is 2.00 bits per heavy atom. The molecule has 7 nitrogen and oxygen atoms in total. The van der Waals surface area contributed by atoms with Gasteiger partial charge in [-0.2, -0.15) is 0 Å². The zero-order chi connectivity index (χ0) is 22.4. The molecule has 3 rings (SSSR count). The number of carbonyl (C=O) groups excluding carboxylic acids is 1. The molecule has 1 atom stereocenters. The normalized spacial score (nSPS) is 12.5. The summed E-state index contributed by atoms with van der Waals surface area (Å²) in [6.07, 6.45) is 2.78. The number of anilines is 1. The Balaban J connectivity index is 1.97. The summed E-state index contributed by atoms with van der Waals surface area (Å²) in [6, 6.07) is 6.15. The first-order valence-corrected chi connectivity index (χ1v) is 11.3. The van der Waals surface area contributed by atoms with Gasteiger partial charge < -0.3 is 19.8 Å². The molecule has 7 heteroatoms. The van der Waals surface area contributed by atoms with E-state index in [0.717, 1.165) is 65.9 Å². The van der Waals surface area contributed by atoms with Crippen LogP contribution in [-0.2, 0) is 33.7 Å². The van der Waals surface area contributed by atoms with Crippen molar-refractivity contribution < 1.29 is 14.3 Å². The average Bonchev–Trinajstić information content (AvgIpc) is 3.11. The number of hydrogen-bond donors (Lipinski definition) is 1. The highest BCUT2D eigenvalue weighted by Gasteiger charge is 2.18. The Morgan fingerprint density at radius 1 is 1.19 bits per heavy atom. The lowest BCUT2D eigenvalue weighted by Crippen LogP contribution is -2.13. The number of nitrogens with zero attached hydrogens (tertiary/aromatic N) is 3. The third-order valence-electron chi connectivity index (χ3n) is 5.54. The summed E-state index contributed by atoms with van der Waals surface area (Å²) >= 11 is 0. The van der Waals surface area contributed by atoms with Crippen LogP contribution >= 0.6 is 0 Å². The van der Waals surface area contributed by atoms with Gasteiger partial charge >= 0.3 is 5.97 Å². The number of rotatable bonds is 11. The monoisotopic (exact) mass is 426 g/mol. The van der Waals surface area contributed by atoms with Crippen molar-refractivity contribution in [3.05, 3.63) is 29.6 Å². The van der Waals surface area contributed by atoms with E-state index in [2.05, 4.69) is 35.5 Å². The number of fused-ring (bicyclic) bond motifs is 3. The quantitative estimate of drug-likeness (QED) is 0.363. The smallest absolute Gasteiger partial charge is 0.306 e. The molecule has 168 valence electrons. The van der Waals surface area contributed by atoms with Crippen LogP contribution in [0.3, 0.4) is 0 Å². The second-order valence-corrected chi connectivity index (χ2v) is 7.93. The fourth-order valence-corrected chi connectivity index (χ4v) is 3.94. The first-order valence-electron chi connectivity index (χ1n) is 11.3. The predicted octanol–water partition coefficient (Wildman–Crippen LogP) is 4.29. The van der Waals surface area contributed by atoms with Crippen LogP contribution in [0.5, 0.6) is 0 Å². The summed E-state index contributed by atoms with van der Waals surface area (Å²) in [6.45, 7) is 11.0. The van der Waals surface area contributed by atoms with Gasteiger partial charge in [-0.15, -0.1) is 0 Å². The number of imidazole rings is 1. The summed E-state index contributed by atoms with van der Waals surface area (Å²) in [5, 5.41) is 1.04. The second-order valence-electron chi connectivity index (χ2n) is 7.93. The Morgan fingerprint density at radius 3 is 2.71 bits per heavy atom. The first-order chi connectivity index (χ1) is 15.0. The van der Waals surface area contributed by atoms with E-state index < -0.39 is 0 Å². The number of ether oxygens (including phenoxy) is 2. The topological polar surface area (TPSA) is 92.3 Å². The standard InChI is InChI=1S/C24H34N4O3/c1-5-20-27-22-23(28(20)15-16(4)12-13-30-6-2)18-10-8-17(9-11-21(29)31-7-3)14-19(18)26-24(22)25/h8,10,14,16H,5-7,9,11-13,15H2,1-4H3,(H2,25,26). The zero-order valence-electron chi connectivity index (χ0n) is 19.1. The fraction of sp³-hybridized carbons (Fsp3) is 0.542. The maximum absolute atomic E-state index is 11.7. The molecule has 0 fully saturated rings. The number of benzene rings is 1. The van der Waals surface area contributed by atoms with Gasteiger partial charge in [0.1, 0.15) is 11.3 Å². The van der Waals surface area contributed by atoms with Crippen molar-refractivity contribution >= 4 is 33.7 Å². The lowest BCUT2D eigenvalue weighted by Gasteiger charge is -2.16. The highest BCUT2D eigenvalue weighted by atomic mass is 16.5. The fourth-order valence-electron chi connectivity index (χ4n) is 3.94. The van der Waals surface area contributed by atoms with Gasteiger partial charge in [-0.1, -0.05) is 26.0 Å². The van der Waals surface area contributed by atoms with Crippen molar-refractivity contribution in [1.29, 1.82) is 0 Å². The lowest BCUT2D eigenvalue weighted by molar-refractivity contribution is -0.143. The molecule has 0 amide bonds. The number of nitrogen functional groups attached to an aromatic ring is 1. The Hall–Kier alpha value is -2.67. The van der Waals surface area contributed by atoms with E-state index in [9.17, 15) is 4.79 Å². The van der Waals surface area contributed by atoms with Crippen LogP contribution in [0, 0.1) is 5.92 Å². The van der Waals surface area contributed by atoms with Crippen LogP contribution in [0.2, 0.25) is 0 Å². The molecule has 0 saturated carbocycles. The van der Waals surface area contributed by atoms with Gasteiger partial charge in [0.05, 0.1) is 17.6 Å². The first kappa shape index (κ1) is 23.0. The van der Waals surface area contributed by atoms with Crippen molar-refractivity contribution in [2.75, 3.05) is 25.6 Å². The minimum atomic E-state index is -0.183. The Bertz CT molecular complexity index is 1040. The molecule has 2 heterocycles. The number of carbonyl (C=O) groups is 1. The molecular weight excluding hydrogens is 392 g/mol. The van der Waals surface area contributed by atoms with Crippen LogP contribution < -0.4 is 5.73 Å².